The maximum atomic E-state index is 12.5. The summed E-state index contributed by atoms with van der Waals surface area (Å²) in [6.07, 6.45) is 4.85. The lowest BCUT2D eigenvalue weighted by Gasteiger charge is -2.26. The first kappa shape index (κ1) is 16.3. The summed E-state index contributed by atoms with van der Waals surface area (Å²) in [6.45, 7) is 8.23. The zero-order valence-electron chi connectivity index (χ0n) is 14.5. The molecule has 2 aromatic rings. The quantitative estimate of drug-likeness (QED) is 0.875. The second-order valence-corrected chi connectivity index (χ2v) is 6.50. The number of aromatic nitrogens is 2. The maximum absolute atomic E-state index is 12.5. The molecule has 0 radical (unpaired) electrons. The number of rotatable bonds is 3. The molecule has 1 N–H and O–H groups in total. The van der Waals surface area contributed by atoms with Gasteiger partial charge in [0.2, 0.25) is 0 Å². The van der Waals surface area contributed by atoms with Gasteiger partial charge in [-0.05, 0) is 32.8 Å². The van der Waals surface area contributed by atoms with Crippen molar-refractivity contribution < 1.29 is 4.79 Å². The van der Waals surface area contributed by atoms with E-state index >= 15 is 0 Å². The Hall–Kier alpha value is -2.56. The summed E-state index contributed by atoms with van der Waals surface area (Å²) in [4.78, 5) is 14.4. The van der Waals surface area contributed by atoms with Crippen LogP contribution in [0.25, 0.3) is 0 Å². The Kier molecular flexibility index (Phi) is 4.69. The number of carbonyl (C=O) groups excluding carboxylic acids is 1. The van der Waals surface area contributed by atoms with Gasteiger partial charge in [-0.15, -0.1) is 0 Å². The lowest BCUT2D eigenvalue weighted by atomic mass is 10.1. The molecule has 24 heavy (non-hydrogen) atoms. The van der Waals surface area contributed by atoms with Gasteiger partial charge in [0.15, 0.2) is 0 Å². The molecule has 1 aliphatic heterocycles. The highest BCUT2D eigenvalue weighted by Gasteiger charge is 2.18. The van der Waals surface area contributed by atoms with Crippen LogP contribution in [0.15, 0.2) is 42.1 Å². The first-order valence-corrected chi connectivity index (χ1v) is 8.32. The van der Waals surface area contributed by atoms with Crippen molar-refractivity contribution >= 4 is 11.8 Å². The van der Waals surface area contributed by atoms with Crippen LogP contribution in [0.3, 0.4) is 0 Å². The molecule has 0 saturated heterocycles. The summed E-state index contributed by atoms with van der Waals surface area (Å²) in [5, 5.41) is 7.46. The van der Waals surface area contributed by atoms with E-state index < -0.39 is 0 Å². The van der Waals surface area contributed by atoms with Crippen LogP contribution in [0.5, 0.6) is 0 Å². The van der Waals surface area contributed by atoms with Crippen LogP contribution >= 0.6 is 0 Å². The van der Waals surface area contributed by atoms with Crippen molar-refractivity contribution in [2.45, 2.75) is 33.7 Å². The monoisotopic (exact) mass is 324 g/mol. The van der Waals surface area contributed by atoms with E-state index in [1.807, 2.05) is 22.6 Å². The van der Waals surface area contributed by atoms with Gasteiger partial charge in [0.25, 0.3) is 0 Å². The second kappa shape index (κ2) is 6.91. The van der Waals surface area contributed by atoms with Gasteiger partial charge >= 0.3 is 6.03 Å². The van der Waals surface area contributed by atoms with Crippen molar-refractivity contribution in [1.82, 2.24) is 14.7 Å². The van der Waals surface area contributed by atoms with Crippen LogP contribution in [-0.4, -0.2) is 33.8 Å². The molecule has 5 heteroatoms. The van der Waals surface area contributed by atoms with Crippen molar-refractivity contribution in [3.05, 3.63) is 58.8 Å². The normalized spacial score (nSPS) is 14.5. The van der Waals surface area contributed by atoms with E-state index in [4.69, 9.17) is 0 Å². The fraction of sp³-hybridized carbons (Fsp3) is 0.368. The Morgan fingerprint density at radius 2 is 2.12 bits per heavy atom. The van der Waals surface area contributed by atoms with E-state index in [-0.39, 0.29) is 6.03 Å². The molecular weight excluding hydrogens is 300 g/mol. The predicted octanol–water partition coefficient (Wildman–Crippen LogP) is 3.73. The Balaban J connectivity index is 1.74. The standard InChI is InChI=1S/C19H24N4O/c1-14-7-9-22(10-8-14)19(24)21-18-16(3)12-20-23(18)13-17-6-4-5-15(2)11-17/h4-7,11-12H,8-10,13H2,1-3H3,(H,21,24). The number of hydrogen-bond acceptors (Lipinski definition) is 2. The number of benzene rings is 1. The third-order valence-corrected chi connectivity index (χ3v) is 4.39. The number of carbonyl (C=O) groups is 1. The van der Waals surface area contributed by atoms with Gasteiger partial charge in [-0.2, -0.15) is 5.10 Å². The molecule has 1 aromatic carbocycles. The first-order chi connectivity index (χ1) is 11.5. The van der Waals surface area contributed by atoms with Crippen LogP contribution in [0, 0.1) is 13.8 Å². The summed E-state index contributed by atoms with van der Waals surface area (Å²) >= 11 is 0. The van der Waals surface area contributed by atoms with Crippen LogP contribution in [0.2, 0.25) is 0 Å². The largest absolute Gasteiger partial charge is 0.323 e. The highest BCUT2D eigenvalue weighted by molar-refractivity contribution is 5.89. The molecule has 5 nitrogen and oxygen atoms in total. The van der Waals surface area contributed by atoms with Crippen LogP contribution in [0.4, 0.5) is 10.6 Å². The van der Waals surface area contributed by atoms with Crippen molar-refractivity contribution in [1.29, 1.82) is 0 Å². The minimum Gasteiger partial charge on any atom is -0.320 e. The summed E-state index contributed by atoms with van der Waals surface area (Å²) in [5.41, 5.74) is 4.71. The van der Waals surface area contributed by atoms with Crippen LogP contribution in [-0.2, 0) is 6.54 Å². The Morgan fingerprint density at radius 1 is 1.29 bits per heavy atom. The highest BCUT2D eigenvalue weighted by Crippen LogP contribution is 2.18. The minimum atomic E-state index is -0.0622. The Morgan fingerprint density at radius 3 is 2.83 bits per heavy atom. The van der Waals surface area contributed by atoms with E-state index in [1.165, 1.54) is 16.7 Å². The first-order valence-electron chi connectivity index (χ1n) is 8.32. The number of hydrogen-bond donors (Lipinski definition) is 1. The van der Waals surface area contributed by atoms with E-state index in [9.17, 15) is 4.79 Å². The maximum Gasteiger partial charge on any atom is 0.323 e. The molecule has 1 aliphatic rings. The number of urea groups is 1. The van der Waals surface area contributed by atoms with E-state index in [2.05, 4.69) is 48.5 Å². The molecular formula is C19H24N4O. The fourth-order valence-corrected chi connectivity index (χ4v) is 2.88. The number of nitrogens with one attached hydrogen (secondary N) is 1. The van der Waals surface area contributed by atoms with Gasteiger partial charge in [-0.3, -0.25) is 5.32 Å². The molecule has 2 amide bonds. The van der Waals surface area contributed by atoms with Gasteiger partial charge in [-0.25, -0.2) is 9.48 Å². The Labute approximate surface area is 143 Å². The highest BCUT2D eigenvalue weighted by atomic mass is 16.2. The average Bonchev–Trinajstić information content (AvgIpc) is 2.88. The zero-order valence-corrected chi connectivity index (χ0v) is 14.5. The second-order valence-electron chi connectivity index (χ2n) is 6.50. The average molecular weight is 324 g/mol. The van der Waals surface area contributed by atoms with Crippen molar-refractivity contribution in [2.75, 3.05) is 18.4 Å². The van der Waals surface area contributed by atoms with E-state index in [1.54, 1.807) is 6.20 Å². The molecule has 0 aliphatic carbocycles. The van der Waals surface area contributed by atoms with Crippen molar-refractivity contribution in [3.8, 4) is 0 Å². The van der Waals surface area contributed by atoms with Gasteiger partial charge in [0.1, 0.15) is 5.82 Å². The lowest BCUT2D eigenvalue weighted by molar-refractivity contribution is 0.215. The lowest BCUT2D eigenvalue weighted by Crippen LogP contribution is -2.38. The molecule has 0 saturated carbocycles. The van der Waals surface area contributed by atoms with E-state index in [0.29, 0.717) is 13.1 Å². The van der Waals surface area contributed by atoms with E-state index in [0.717, 1.165) is 24.3 Å². The van der Waals surface area contributed by atoms with Gasteiger partial charge < -0.3 is 4.90 Å². The smallest absolute Gasteiger partial charge is 0.320 e. The molecule has 0 spiro atoms. The fourth-order valence-electron chi connectivity index (χ4n) is 2.88. The number of amides is 2. The molecule has 126 valence electrons. The molecule has 0 bridgehead atoms. The third-order valence-electron chi connectivity index (χ3n) is 4.39. The van der Waals surface area contributed by atoms with Gasteiger partial charge in [-0.1, -0.05) is 41.5 Å². The van der Waals surface area contributed by atoms with Crippen molar-refractivity contribution in [2.24, 2.45) is 0 Å². The molecule has 0 unspecified atom stereocenters. The van der Waals surface area contributed by atoms with Gasteiger partial charge in [0.05, 0.1) is 12.7 Å². The minimum absolute atomic E-state index is 0.0622. The Bertz CT molecular complexity index is 775. The zero-order chi connectivity index (χ0) is 17.1. The van der Waals surface area contributed by atoms with Crippen molar-refractivity contribution in [3.63, 3.8) is 0 Å². The summed E-state index contributed by atoms with van der Waals surface area (Å²) in [5.74, 6) is 0.771. The van der Waals surface area contributed by atoms with Crippen LogP contribution in [0.1, 0.15) is 30.0 Å². The number of anilines is 1. The molecule has 0 atom stereocenters. The molecule has 3 rings (SSSR count). The number of aryl methyl sites for hydroxylation is 2. The number of nitrogens with zero attached hydrogens (tertiary/aromatic N) is 3. The summed E-state index contributed by atoms with van der Waals surface area (Å²) < 4.78 is 1.85. The predicted molar refractivity (Wildman–Crippen MR) is 96.2 cm³/mol. The van der Waals surface area contributed by atoms with Gasteiger partial charge in [0, 0.05) is 18.7 Å². The summed E-state index contributed by atoms with van der Waals surface area (Å²) in [6, 6.07) is 8.27. The molecule has 1 aromatic heterocycles. The molecule has 0 fully saturated rings. The molecule has 2 heterocycles. The summed E-state index contributed by atoms with van der Waals surface area (Å²) in [7, 11) is 0. The van der Waals surface area contributed by atoms with Crippen LogP contribution < -0.4 is 5.32 Å². The SMILES string of the molecule is CC1=CCN(C(=O)Nc2c(C)cnn2Cc2cccc(C)c2)CC1. The third kappa shape index (κ3) is 3.67. The topological polar surface area (TPSA) is 50.2 Å².